The van der Waals surface area contributed by atoms with Gasteiger partial charge >= 0.3 is 0 Å². The summed E-state index contributed by atoms with van der Waals surface area (Å²) in [6, 6.07) is 2.23. The second kappa shape index (κ2) is 9.33. The number of nitrogens with one attached hydrogen (secondary N) is 1. The van der Waals surface area contributed by atoms with Crippen molar-refractivity contribution in [2.45, 2.75) is 38.6 Å². The van der Waals surface area contributed by atoms with E-state index in [1.54, 1.807) is 18.2 Å². The second-order valence-corrected chi connectivity index (χ2v) is 8.13. The molecule has 3 aliphatic heterocycles. The van der Waals surface area contributed by atoms with Gasteiger partial charge in [0.2, 0.25) is 11.8 Å². The van der Waals surface area contributed by atoms with Gasteiger partial charge in [-0.1, -0.05) is 30.2 Å². The molecule has 1 N–H and O–H groups in total. The van der Waals surface area contributed by atoms with E-state index in [0.717, 1.165) is 4.90 Å². The predicted octanol–water partition coefficient (Wildman–Crippen LogP) is 1.86. The van der Waals surface area contributed by atoms with Gasteiger partial charge in [0.05, 0.1) is 26.6 Å². The molecular formula is C25H27N3O5. The van der Waals surface area contributed by atoms with Gasteiger partial charge in [-0.3, -0.25) is 24.6 Å². The van der Waals surface area contributed by atoms with Crippen LogP contribution < -0.4 is 10.1 Å². The van der Waals surface area contributed by atoms with Crippen LogP contribution in [0.25, 0.3) is 0 Å². The first-order valence-electron chi connectivity index (χ1n) is 13.4. The summed E-state index contributed by atoms with van der Waals surface area (Å²) in [7, 11) is 0. The van der Waals surface area contributed by atoms with Gasteiger partial charge < -0.3 is 14.4 Å². The topological polar surface area (TPSA) is 88.2 Å². The number of ether oxygens (including phenoxy) is 2. The standard InChI is InChI=1S/C25H27N3O5/c29-23-9-8-21(24(30)26-23)28-15-20-19(25(28)31)2-1-3-22(20)33-16-18-6-4-17(5-7-18)14-27-10-12-32-13-11-27/h1-7,21H,8-16H2,(H,26,29,30)/t21-/m0/s1/i4D,5D,6D,7D,21D. The Labute approximate surface area is 199 Å². The second-order valence-electron chi connectivity index (χ2n) is 8.13. The van der Waals surface area contributed by atoms with E-state index in [4.69, 9.17) is 16.3 Å². The summed E-state index contributed by atoms with van der Waals surface area (Å²) < 4.78 is 53.9. The zero-order valence-electron chi connectivity index (χ0n) is 23.0. The molecule has 0 saturated carbocycles. The number of hydrogen-bond donors (Lipinski definition) is 1. The van der Waals surface area contributed by atoms with Crippen LogP contribution in [0, 0.1) is 0 Å². The SMILES string of the molecule is [2H]c1c([2H])c(CN2CCOCC2)c([2H])c([2H])c1COc1cccc2c1CN([C@@]1([2H])CCC(=O)NC1=O)C2=O. The van der Waals surface area contributed by atoms with Gasteiger partial charge in [0.1, 0.15) is 18.4 Å². The van der Waals surface area contributed by atoms with Crippen LogP contribution in [0.15, 0.2) is 42.4 Å². The van der Waals surface area contributed by atoms with Crippen molar-refractivity contribution in [3.05, 3.63) is 64.6 Å². The number of carbonyl (C=O) groups excluding carboxylic acids is 3. The summed E-state index contributed by atoms with van der Waals surface area (Å²) in [5.74, 6) is -1.58. The number of amides is 3. The number of rotatable bonds is 6. The fourth-order valence-corrected chi connectivity index (χ4v) is 4.17. The lowest BCUT2D eigenvalue weighted by molar-refractivity contribution is -0.136. The number of carbonyl (C=O) groups is 3. The van der Waals surface area contributed by atoms with Crippen LogP contribution in [0.5, 0.6) is 5.75 Å². The van der Waals surface area contributed by atoms with E-state index in [2.05, 4.69) is 5.32 Å². The molecule has 1 atom stereocenters. The van der Waals surface area contributed by atoms with E-state index in [0.29, 0.717) is 37.4 Å². The molecule has 3 aliphatic rings. The molecule has 2 saturated heterocycles. The summed E-state index contributed by atoms with van der Waals surface area (Å²) in [4.78, 5) is 40.3. The van der Waals surface area contributed by atoms with Crippen LogP contribution in [0.4, 0.5) is 0 Å². The summed E-state index contributed by atoms with van der Waals surface area (Å²) >= 11 is 0. The van der Waals surface area contributed by atoms with Crippen LogP contribution in [0.1, 0.15) is 46.7 Å². The quantitative estimate of drug-likeness (QED) is 0.671. The van der Waals surface area contributed by atoms with Gasteiger partial charge in [0, 0.05) is 37.2 Å². The fourth-order valence-electron chi connectivity index (χ4n) is 4.17. The van der Waals surface area contributed by atoms with Crippen LogP contribution in [0.2, 0.25) is 0 Å². The molecule has 0 bridgehead atoms. The molecule has 8 heteroatoms. The number of morpholine rings is 1. The minimum absolute atomic E-state index is 0.0519. The largest absolute Gasteiger partial charge is 0.489 e. The van der Waals surface area contributed by atoms with Crippen molar-refractivity contribution >= 4 is 17.7 Å². The van der Waals surface area contributed by atoms with E-state index >= 15 is 0 Å². The third kappa shape index (κ3) is 4.62. The zero-order chi connectivity index (χ0) is 27.2. The van der Waals surface area contributed by atoms with Crippen LogP contribution >= 0.6 is 0 Å². The number of piperidine rings is 1. The Morgan fingerprint density at radius 3 is 2.64 bits per heavy atom. The Hall–Kier alpha value is -3.23. The first-order chi connectivity index (χ1) is 18.1. The van der Waals surface area contributed by atoms with Crippen molar-refractivity contribution in [1.29, 1.82) is 0 Å². The van der Waals surface area contributed by atoms with Crippen LogP contribution in [0.3, 0.4) is 0 Å². The number of hydrogen-bond acceptors (Lipinski definition) is 6. The third-order valence-corrected chi connectivity index (χ3v) is 5.94. The van der Waals surface area contributed by atoms with Gasteiger partial charge in [0.15, 0.2) is 0 Å². The maximum atomic E-state index is 13.1. The smallest absolute Gasteiger partial charge is 0.255 e. The molecule has 0 aliphatic carbocycles. The molecule has 0 aromatic heterocycles. The molecule has 172 valence electrons. The highest BCUT2D eigenvalue weighted by Gasteiger charge is 2.40. The first-order valence-corrected chi connectivity index (χ1v) is 10.9. The Bertz CT molecular complexity index is 1300. The van der Waals surface area contributed by atoms with Gasteiger partial charge in [-0.25, -0.2) is 0 Å². The Kier molecular flexibility index (Phi) is 4.63. The van der Waals surface area contributed by atoms with E-state index in [1.165, 1.54) is 0 Å². The molecule has 2 aromatic carbocycles. The molecule has 5 rings (SSSR count). The van der Waals surface area contributed by atoms with Gasteiger partial charge in [-0.05, 0) is 29.7 Å². The van der Waals surface area contributed by atoms with Gasteiger partial charge in [-0.2, -0.15) is 0 Å². The average molecular weight is 455 g/mol. The zero-order valence-corrected chi connectivity index (χ0v) is 18.0. The Balaban J connectivity index is 1.37. The minimum Gasteiger partial charge on any atom is -0.489 e. The fraction of sp³-hybridized carbons (Fsp3) is 0.400. The van der Waals surface area contributed by atoms with Gasteiger partial charge in [-0.15, -0.1) is 0 Å². The lowest BCUT2D eigenvalue weighted by atomic mass is 10.0. The Morgan fingerprint density at radius 2 is 1.88 bits per heavy atom. The lowest BCUT2D eigenvalue weighted by Gasteiger charge is -2.29. The first kappa shape index (κ1) is 16.4. The maximum absolute atomic E-state index is 13.1. The molecule has 0 spiro atoms. The van der Waals surface area contributed by atoms with E-state index < -0.39 is 23.7 Å². The van der Waals surface area contributed by atoms with E-state index in [1.807, 2.05) is 4.90 Å². The number of fused-ring (bicyclic) bond motifs is 1. The van der Waals surface area contributed by atoms with Crippen LogP contribution in [-0.4, -0.2) is 59.8 Å². The monoisotopic (exact) mass is 454 g/mol. The maximum Gasteiger partial charge on any atom is 0.255 e. The van der Waals surface area contributed by atoms with E-state index in [-0.39, 0.29) is 73.6 Å². The normalized spacial score (nSPS) is 25.5. The number of nitrogens with zero attached hydrogens (tertiary/aromatic N) is 2. The summed E-state index contributed by atoms with van der Waals surface area (Å²) in [5, 5.41) is 2.13. The van der Waals surface area contributed by atoms with Crippen molar-refractivity contribution < 1.29 is 30.7 Å². The van der Waals surface area contributed by atoms with Crippen molar-refractivity contribution in [3.63, 3.8) is 0 Å². The molecule has 33 heavy (non-hydrogen) atoms. The minimum atomic E-state index is -1.93. The molecule has 2 aromatic rings. The summed E-state index contributed by atoms with van der Waals surface area (Å²) in [6.45, 7) is 2.35. The van der Waals surface area contributed by atoms with E-state index in [9.17, 15) is 14.4 Å². The summed E-state index contributed by atoms with van der Waals surface area (Å²) in [5.41, 5.74) is 1.12. The van der Waals surface area contributed by atoms with Crippen molar-refractivity contribution in [2.24, 2.45) is 0 Å². The third-order valence-electron chi connectivity index (χ3n) is 5.94. The molecule has 3 heterocycles. The Morgan fingerprint density at radius 1 is 1.12 bits per heavy atom. The van der Waals surface area contributed by atoms with Gasteiger partial charge in [0.25, 0.3) is 5.91 Å². The van der Waals surface area contributed by atoms with Crippen molar-refractivity contribution in [1.82, 2.24) is 15.1 Å². The molecular weight excluding hydrogens is 422 g/mol. The highest BCUT2D eigenvalue weighted by Crippen LogP contribution is 2.34. The summed E-state index contributed by atoms with van der Waals surface area (Å²) in [6.07, 6.45) is -0.170. The number of imide groups is 1. The van der Waals surface area contributed by atoms with Crippen LogP contribution in [-0.2, 0) is 34.0 Å². The highest BCUT2D eigenvalue weighted by molar-refractivity contribution is 6.05. The average Bonchev–Trinajstić information content (AvgIpc) is 3.26. The van der Waals surface area contributed by atoms with Crippen molar-refractivity contribution in [3.8, 4) is 5.75 Å². The van der Waals surface area contributed by atoms with Crippen molar-refractivity contribution in [2.75, 3.05) is 26.3 Å². The highest BCUT2D eigenvalue weighted by atomic mass is 16.5. The molecule has 2 fully saturated rings. The lowest BCUT2D eigenvalue weighted by Crippen LogP contribution is -2.52. The predicted molar refractivity (Wildman–Crippen MR) is 119 cm³/mol. The molecule has 0 unspecified atom stereocenters. The number of benzene rings is 2. The molecule has 8 nitrogen and oxygen atoms in total. The molecule has 3 amide bonds. The molecule has 0 radical (unpaired) electrons.